The van der Waals surface area contributed by atoms with Crippen molar-refractivity contribution in [3.8, 4) is 11.5 Å². The molecule has 0 saturated carbocycles. The lowest BCUT2D eigenvalue weighted by Gasteiger charge is -2.14. The highest BCUT2D eigenvalue weighted by Crippen LogP contribution is 2.36. The maximum atomic E-state index is 13.1. The number of anilines is 2. The van der Waals surface area contributed by atoms with Crippen LogP contribution in [0.5, 0.6) is 11.5 Å². The largest absolute Gasteiger partial charge is 0.457 e. The summed E-state index contributed by atoms with van der Waals surface area (Å²) >= 11 is 5.61. The zero-order chi connectivity index (χ0) is 32.4. The first kappa shape index (κ1) is 32.5. The van der Waals surface area contributed by atoms with Crippen LogP contribution in [0, 0.1) is 0 Å². The van der Waals surface area contributed by atoms with Crippen LogP contribution in [0.3, 0.4) is 0 Å². The summed E-state index contributed by atoms with van der Waals surface area (Å²) in [5.41, 5.74) is 0.0571. The lowest BCUT2D eigenvalue weighted by atomic mass is 10.2. The van der Waals surface area contributed by atoms with Crippen LogP contribution in [0.4, 0.5) is 29.3 Å². The van der Waals surface area contributed by atoms with Crippen LogP contribution in [-0.4, -0.2) is 40.4 Å². The predicted molar refractivity (Wildman–Crippen MR) is 163 cm³/mol. The highest BCUT2D eigenvalue weighted by molar-refractivity contribution is 6.31. The SMILES string of the molecule is CC(CNC(=O)c1cc(Oc2ccc(NC(=O)Nc3ccc(Cl)c(C(F)(F)F)c3)cc2)ccn1)NC(=O)C=Cc1cccnc1. The summed E-state index contributed by atoms with van der Waals surface area (Å²) in [5, 5.41) is 9.83. The Hall–Kier alpha value is -5.43. The molecule has 4 amide bonds. The molecule has 232 valence electrons. The lowest BCUT2D eigenvalue weighted by Crippen LogP contribution is -2.41. The van der Waals surface area contributed by atoms with Crippen LogP contribution < -0.4 is 26.0 Å². The zero-order valence-corrected chi connectivity index (χ0v) is 24.3. The Labute approximate surface area is 260 Å². The van der Waals surface area contributed by atoms with Crippen molar-refractivity contribution in [2.75, 3.05) is 17.2 Å². The first-order chi connectivity index (χ1) is 21.5. The Morgan fingerprint density at radius 2 is 1.69 bits per heavy atom. The summed E-state index contributed by atoms with van der Waals surface area (Å²) < 4.78 is 45.0. The number of halogens is 4. The average molecular weight is 639 g/mol. The van der Waals surface area contributed by atoms with Crippen molar-refractivity contribution in [3.63, 3.8) is 0 Å². The molecule has 1 atom stereocenters. The van der Waals surface area contributed by atoms with E-state index in [0.717, 1.165) is 17.7 Å². The molecule has 0 aliphatic rings. The van der Waals surface area contributed by atoms with E-state index in [1.807, 2.05) is 6.07 Å². The van der Waals surface area contributed by atoms with E-state index in [2.05, 4.69) is 31.2 Å². The smallest absolute Gasteiger partial charge is 0.417 e. The number of rotatable bonds is 10. The third-order valence-electron chi connectivity index (χ3n) is 5.91. The minimum absolute atomic E-state index is 0.0881. The molecule has 0 saturated heterocycles. The van der Waals surface area contributed by atoms with E-state index < -0.39 is 28.7 Å². The number of ether oxygens (including phenoxy) is 1. The van der Waals surface area contributed by atoms with Gasteiger partial charge in [-0.3, -0.25) is 19.6 Å². The molecule has 0 aliphatic carbocycles. The summed E-state index contributed by atoms with van der Waals surface area (Å²) in [6.45, 7) is 1.90. The minimum Gasteiger partial charge on any atom is -0.457 e. The standard InChI is InChI=1S/C31H26ClF3N6O4/c1-19(39-28(42)11-4-20-3-2-13-36-18-20)17-38-29(43)27-16-24(12-14-37-27)45-23-8-5-21(6-9-23)40-30(44)41-22-7-10-26(32)25(15-22)31(33,34)35/h2-16,18-19H,17H2,1H3,(H,38,43)(H,39,42)(H2,40,41,44). The molecule has 4 rings (SSSR count). The van der Waals surface area contributed by atoms with Gasteiger partial charge < -0.3 is 26.0 Å². The van der Waals surface area contributed by atoms with Crippen LogP contribution in [0.2, 0.25) is 5.02 Å². The molecule has 4 aromatic rings. The molecule has 0 spiro atoms. The fourth-order valence-corrected chi connectivity index (χ4v) is 4.00. The lowest BCUT2D eigenvalue weighted by molar-refractivity contribution is -0.137. The second-order valence-corrected chi connectivity index (χ2v) is 9.92. The van der Waals surface area contributed by atoms with Gasteiger partial charge in [0.05, 0.1) is 10.6 Å². The van der Waals surface area contributed by atoms with Gasteiger partial charge in [-0.15, -0.1) is 0 Å². The van der Waals surface area contributed by atoms with Gasteiger partial charge in [-0.05, 0) is 73.2 Å². The topological polar surface area (TPSA) is 134 Å². The summed E-state index contributed by atoms with van der Waals surface area (Å²) in [4.78, 5) is 45.1. The molecule has 0 radical (unpaired) electrons. The molecule has 2 aromatic heterocycles. The first-order valence-electron chi connectivity index (χ1n) is 13.3. The minimum atomic E-state index is -4.67. The monoisotopic (exact) mass is 638 g/mol. The van der Waals surface area contributed by atoms with Crippen molar-refractivity contribution < 1.29 is 32.3 Å². The maximum absolute atomic E-state index is 13.1. The van der Waals surface area contributed by atoms with E-state index in [9.17, 15) is 27.6 Å². The van der Waals surface area contributed by atoms with Crippen LogP contribution in [0.1, 0.15) is 28.5 Å². The van der Waals surface area contributed by atoms with E-state index in [1.54, 1.807) is 49.7 Å². The number of urea groups is 1. The Morgan fingerprint density at radius 3 is 2.40 bits per heavy atom. The Bertz CT molecular complexity index is 1690. The molecule has 4 N–H and O–H groups in total. The number of alkyl halides is 3. The molecule has 0 aliphatic heterocycles. The summed E-state index contributed by atoms with van der Waals surface area (Å²) in [6.07, 6.45) is 3.00. The van der Waals surface area contributed by atoms with Crippen molar-refractivity contribution >= 4 is 46.9 Å². The summed E-state index contributed by atoms with van der Waals surface area (Å²) in [5.74, 6) is -0.0986. The van der Waals surface area contributed by atoms with Gasteiger partial charge in [-0.25, -0.2) is 4.79 Å². The van der Waals surface area contributed by atoms with Crippen molar-refractivity contribution in [2.45, 2.75) is 19.1 Å². The van der Waals surface area contributed by atoms with Gasteiger partial charge in [0, 0.05) is 54.7 Å². The third kappa shape index (κ3) is 10.1. The first-order valence-corrected chi connectivity index (χ1v) is 13.7. The molecule has 2 aromatic carbocycles. The number of amides is 4. The Kier molecular flexibility index (Phi) is 10.7. The number of carbonyl (C=O) groups excluding carboxylic acids is 3. The second kappa shape index (κ2) is 14.8. The van der Waals surface area contributed by atoms with Gasteiger partial charge >= 0.3 is 12.2 Å². The predicted octanol–water partition coefficient (Wildman–Crippen LogP) is 6.53. The summed E-state index contributed by atoms with van der Waals surface area (Å²) in [7, 11) is 0. The molecule has 2 heterocycles. The van der Waals surface area contributed by atoms with Gasteiger partial charge in [0.25, 0.3) is 5.91 Å². The average Bonchev–Trinajstić information content (AvgIpc) is 3.01. The fraction of sp³-hybridized carbons (Fsp3) is 0.129. The number of benzene rings is 2. The molecule has 10 nitrogen and oxygen atoms in total. The third-order valence-corrected chi connectivity index (χ3v) is 6.24. The Morgan fingerprint density at radius 1 is 0.956 bits per heavy atom. The van der Waals surface area contributed by atoms with E-state index in [0.29, 0.717) is 17.2 Å². The molecular weight excluding hydrogens is 613 g/mol. The van der Waals surface area contributed by atoms with Crippen molar-refractivity contribution in [1.29, 1.82) is 0 Å². The van der Waals surface area contributed by atoms with Crippen LogP contribution >= 0.6 is 11.6 Å². The quantitative estimate of drug-likeness (QED) is 0.146. The molecule has 0 fully saturated rings. The van der Waals surface area contributed by atoms with E-state index in [-0.39, 0.29) is 29.9 Å². The molecule has 14 heteroatoms. The van der Waals surface area contributed by atoms with E-state index in [1.165, 1.54) is 36.5 Å². The van der Waals surface area contributed by atoms with Gasteiger partial charge in [-0.1, -0.05) is 17.7 Å². The van der Waals surface area contributed by atoms with Crippen LogP contribution in [0.25, 0.3) is 6.08 Å². The molecule has 45 heavy (non-hydrogen) atoms. The van der Waals surface area contributed by atoms with Crippen LogP contribution in [0.15, 0.2) is 91.4 Å². The highest BCUT2D eigenvalue weighted by atomic mass is 35.5. The normalized spacial score (nSPS) is 11.8. The van der Waals surface area contributed by atoms with Gasteiger partial charge in [-0.2, -0.15) is 13.2 Å². The van der Waals surface area contributed by atoms with Crippen molar-refractivity contribution in [2.24, 2.45) is 0 Å². The summed E-state index contributed by atoms with van der Waals surface area (Å²) in [6, 6.07) is 14.6. The number of nitrogens with one attached hydrogen (secondary N) is 4. The number of aromatic nitrogens is 2. The van der Waals surface area contributed by atoms with Crippen LogP contribution in [-0.2, 0) is 11.0 Å². The molecule has 0 bridgehead atoms. The molecule has 1 unspecified atom stereocenters. The molecular formula is C31H26ClF3N6O4. The van der Waals surface area contributed by atoms with Crippen molar-refractivity contribution in [3.05, 3.63) is 113 Å². The van der Waals surface area contributed by atoms with Gasteiger partial charge in [0.1, 0.15) is 17.2 Å². The fourth-order valence-electron chi connectivity index (χ4n) is 3.78. The number of pyridine rings is 2. The number of hydrogen-bond acceptors (Lipinski definition) is 6. The highest BCUT2D eigenvalue weighted by Gasteiger charge is 2.33. The van der Waals surface area contributed by atoms with E-state index in [4.69, 9.17) is 16.3 Å². The maximum Gasteiger partial charge on any atom is 0.417 e. The number of nitrogens with zero attached hydrogens (tertiary/aromatic N) is 2. The Balaban J connectivity index is 1.25. The number of hydrogen-bond donors (Lipinski definition) is 4. The zero-order valence-electron chi connectivity index (χ0n) is 23.6. The number of carbonyl (C=O) groups is 3. The van der Waals surface area contributed by atoms with Gasteiger partial charge in [0.15, 0.2) is 0 Å². The van der Waals surface area contributed by atoms with Crippen molar-refractivity contribution in [1.82, 2.24) is 20.6 Å². The van der Waals surface area contributed by atoms with E-state index >= 15 is 0 Å². The second-order valence-electron chi connectivity index (χ2n) is 9.51. The van der Waals surface area contributed by atoms with Gasteiger partial charge in [0.2, 0.25) is 5.91 Å².